The minimum Gasteiger partial charge on any atom is -0.375 e. The zero-order valence-corrected chi connectivity index (χ0v) is 10.7. The number of nitrogens with one attached hydrogen (secondary N) is 1. The van der Waals surface area contributed by atoms with Gasteiger partial charge in [-0.1, -0.05) is 6.92 Å². The number of ether oxygens (including phenoxy) is 1. The van der Waals surface area contributed by atoms with Crippen molar-refractivity contribution in [1.82, 2.24) is 10.3 Å². The molecule has 4 heteroatoms. The van der Waals surface area contributed by atoms with E-state index in [0.717, 1.165) is 31.3 Å². The van der Waals surface area contributed by atoms with Gasteiger partial charge in [-0.25, -0.2) is 4.98 Å². The van der Waals surface area contributed by atoms with E-state index in [9.17, 15) is 0 Å². The Kier molecular flexibility index (Phi) is 4.75. The van der Waals surface area contributed by atoms with Gasteiger partial charge in [0.2, 0.25) is 0 Å². The minimum absolute atomic E-state index is 0.681. The first kappa shape index (κ1) is 12.0. The fraction of sp³-hybridized carbons (Fsp3) is 0.750. The molecule has 16 heavy (non-hydrogen) atoms. The summed E-state index contributed by atoms with van der Waals surface area (Å²) in [7, 11) is 0. The van der Waals surface area contributed by atoms with Gasteiger partial charge in [0, 0.05) is 18.5 Å². The zero-order chi connectivity index (χ0) is 11.2. The molecule has 1 heterocycles. The average Bonchev–Trinajstić information content (AvgIpc) is 2.99. The van der Waals surface area contributed by atoms with Crippen LogP contribution in [-0.2, 0) is 17.9 Å². The number of thiazole rings is 1. The zero-order valence-electron chi connectivity index (χ0n) is 9.87. The van der Waals surface area contributed by atoms with Crippen molar-refractivity contribution in [3.8, 4) is 0 Å². The third-order valence-corrected chi connectivity index (χ3v) is 3.50. The van der Waals surface area contributed by atoms with Crippen LogP contribution >= 0.6 is 11.3 Å². The van der Waals surface area contributed by atoms with E-state index in [2.05, 4.69) is 22.6 Å². The molecule has 1 fully saturated rings. The number of rotatable bonds is 8. The molecule has 0 atom stereocenters. The molecule has 3 nitrogen and oxygen atoms in total. The Labute approximate surface area is 101 Å². The van der Waals surface area contributed by atoms with Gasteiger partial charge >= 0.3 is 0 Å². The molecule has 1 N–H and O–H groups in total. The highest BCUT2D eigenvalue weighted by atomic mass is 32.1. The molecule has 1 aromatic heterocycles. The fourth-order valence-electron chi connectivity index (χ4n) is 1.48. The first-order valence-electron chi connectivity index (χ1n) is 6.10. The Morgan fingerprint density at radius 2 is 2.44 bits per heavy atom. The Morgan fingerprint density at radius 3 is 3.19 bits per heavy atom. The SMILES string of the molecule is CCCNCc1nc(COCC2CC2)cs1. The van der Waals surface area contributed by atoms with Crippen LogP contribution in [0.5, 0.6) is 0 Å². The Balaban J connectivity index is 1.64. The van der Waals surface area contributed by atoms with E-state index in [4.69, 9.17) is 4.74 Å². The predicted octanol–water partition coefficient (Wildman–Crippen LogP) is 2.57. The molecular weight excluding hydrogens is 220 g/mol. The lowest BCUT2D eigenvalue weighted by molar-refractivity contribution is 0.109. The first-order valence-corrected chi connectivity index (χ1v) is 6.98. The quantitative estimate of drug-likeness (QED) is 0.709. The van der Waals surface area contributed by atoms with Crippen molar-refractivity contribution in [2.75, 3.05) is 13.2 Å². The van der Waals surface area contributed by atoms with Crippen molar-refractivity contribution in [3.05, 3.63) is 16.1 Å². The van der Waals surface area contributed by atoms with Gasteiger partial charge in [0.1, 0.15) is 5.01 Å². The third-order valence-electron chi connectivity index (χ3n) is 2.60. The summed E-state index contributed by atoms with van der Waals surface area (Å²) in [6.07, 6.45) is 3.87. The molecule has 0 amide bonds. The molecule has 0 bridgehead atoms. The summed E-state index contributed by atoms with van der Waals surface area (Å²) >= 11 is 1.72. The highest BCUT2D eigenvalue weighted by Gasteiger charge is 2.21. The second kappa shape index (κ2) is 6.33. The van der Waals surface area contributed by atoms with Gasteiger partial charge in [-0.3, -0.25) is 0 Å². The van der Waals surface area contributed by atoms with Crippen LogP contribution in [0.3, 0.4) is 0 Å². The fourth-order valence-corrected chi connectivity index (χ4v) is 2.23. The van der Waals surface area contributed by atoms with Crippen molar-refractivity contribution < 1.29 is 4.74 Å². The second-order valence-electron chi connectivity index (χ2n) is 4.37. The van der Waals surface area contributed by atoms with Crippen LogP contribution in [0.4, 0.5) is 0 Å². The van der Waals surface area contributed by atoms with E-state index in [1.165, 1.54) is 24.3 Å². The van der Waals surface area contributed by atoms with E-state index in [1.807, 2.05) is 0 Å². The van der Waals surface area contributed by atoms with Crippen molar-refractivity contribution >= 4 is 11.3 Å². The van der Waals surface area contributed by atoms with Crippen molar-refractivity contribution in [2.45, 2.75) is 39.3 Å². The topological polar surface area (TPSA) is 34.2 Å². The van der Waals surface area contributed by atoms with Crippen LogP contribution in [0.1, 0.15) is 36.9 Å². The Bertz CT molecular complexity index is 310. The second-order valence-corrected chi connectivity index (χ2v) is 5.31. The molecule has 2 rings (SSSR count). The lowest BCUT2D eigenvalue weighted by Crippen LogP contribution is -2.13. The van der Waals surface area contributed by atoms with E-state index >= 15 is 0 Å². The molecule has 1 aliphatic rings. The van der Waals surface area contributed by atoms with Gasteiger partial charge < -0.3 is 10.1 Å². The maximum Gasteiger partial charge on any atom is 0.107 e. The molecule has 1 aromatic rings. The molecule has 0 radical (unpaired) electrons. The number of nitrogens with zero attached hydrogens (tertiary/aromatic N) is 1. The van der Waals surface area contributed by atoms with Crippen molar-refractivity contribution in [2.24, 2.45) is 5.92 Å². The van der Waals surface area contributed by atoms with E-state index in [1.54, 1.807) is 11.3 Å². The van der Waals surface area contributed by atoms with Crippen molar-refractivity contribution in [1.29, 1.82) is 0 Å². The van der Waals surface area contributed by atoms with Crippen LogP contribution in [0.2, 0.25) is 0 Å². The standard InChI is InChI=1S/C12H20N2OS/c1-2-5-13-6-12-14-11(9-16-12)8-15-7-10-3-4-10/h9-10,13H,2-8H2,1H3. The normalized spacial score (nSPS) is 15.6. The van der Waals surface area contributed by atoms with Crippen LogP contribution in [0, 0.1) is 5.92 Å². The molecule has 0 unspecified atom stereocenters. The van der Waals surface area contributed by atoms with Crippen LogP contribution < -0.4 is 5.32 Å². The molecule has 1 saturated carbocycles. The Hall–Kier alpha value is -0.450. The summed E-state index contributed by atoms with van der Waals surface area (Å²) in [6, 6.07) is 0. The lowest BCUT2D eigenvalue weighted by Gasteiger charge is -2.00. The predicted molar refractivity (Wildman–Crippen MR) is 66.5 cm³/mol. The molecule has 1 aliphatic carbocycles. The average molecular weight is 240 g/mol. The minimum atomic E-state index is 0.681. The summed E-state index contributed by atoms with van der Waals surface area (Å²) in [4.78, 5) is 4.53. The summed E-state index contributed by atoms with van der Waals surface area (Å²) < 4.78 is 5.61. The summed E-state index contributed by atoms with van der Waals surface area (Å²) in [6.45, 7) is 5.72. The van der Waals surface area contributed by atoms with Crippen LogP contribution in [0.15, 0.2) is 5.38 Å². The van der Waals surface area contributed by atoms with Crippen molar-refractivity contribution in [3.63, 3.8) is 0 Å². The van der Waals surface area contributed by atoms with Gasteiger partial charge in [-0.2, -0.15) is 0 Å². The summed E-state index contributed by atoms with van der Waals surface area (Å²) in [5.74, 6) is 0.837. The summed E-state index contributed by atoms with van der Waals surface area (Å²) in [5, 5.41) is 6.63. The first-order chi connectivity index (χ1) is 7.88. The monoisotopic (exact) mass is 240 g/mol. The molecule has 90 valence electrons. The van der Waals surface area contributed by atoms with Crippen LogP contribution in [-0.4, -0.2) is 18.1 Å². The van der Waals surface area contributed by atoms with E-state index in [0.29, 0.717) is 6.61 Å². The van der Waals surface area contributed by atoms with Gasteiger partial charge in [-0.05, 0) is 31.7 Å². The van der Waals surface area contributed by atoms with E-state index < -0.39 is 0 Å². The number of hydrogen-bond acceptors (Lipinski definition) is 4. The van der Waals surface area contributed by atoms with Crippen LogP contribution in [0.25, 0.3) is 0 Å². The maximum absolute atomic E-state index is 5.61. The number of aromatic nitrogens is 1. The smallest absolute Gasteiger partial charge is 0.107 e. The number of hydrogen-bond donors (Lipinski definition) is 1. The summed E-state index contributed by atoms with van der Waals surface area (Å²) in [5.41, 5.74) is 1.08. The van der Waals surface area contributed by atoms with Gasteiger partial charge in [-0.15, -0.1) is 11.3 Å². The molecule has 0 aliphatic heterocycles. The maximum atomic E-state index is 5.61. The highest BCUT2D eigenvalue weighted by Crippen LogP contribution is 2.29. The molecular formula is C12H20N2OS. The van der Waals surface area contributed by atoms with Gasteiger partial charge in [0.25, 0.3) is 0 Å². The lowest BCUT2D eigenvalue weighted by atomic mass is 10.4. The Morgan fingerprint density at radius 1 is 1.56 bits per heavy atom. The molecule has 0 aromatic carbocycles. The molecule has 0 saturated heterocycles. The largest absolute Gasteiger partial charge is 0.375 e. The molecule has 0 spiro atoms. The highest BCUT2D eigenvalue weighted by molar-refractivity contribution is 7.09. The van der Waals surface area contributed by atoms with E-state index in [-0.39, 0.29) is 0 Å². The van der Waals surface area contributed by atoms with Gasteiger partial charge in [0.15, 0.2) is 0 Å². The third kappa shape index (κ3) is 4.20. The van der Waals surface area contributed by atoms with Gasteiger partial charge in [0.05, 0.1) is 12.3 Å².